The van der Waals surface area contributed by atoms with E-state index in [9.17, 15) is 4.79 Å². The predicted octanol–water partition coefficient (Wildman–Crippen LogP) is 3.28. The Balaban J connectivity index is 1.69. The highest BCUT2D eigenvalue weighted by atomic mass is 16.5. The summed E-state index contributed by atoms with van der Waals surface area (Å²) >= 11 is 0. The Labute approximate surface area is 96.6 Å². The van der Waals surface area contributed by atoms with E-state index in [0.29, 0.717) is 12.2 Å². The first kappa shape index (κ1) is 11.2. The molecule has 1 aliphatic rings. The summed E-state index contributed by atoms with van der Waals surface area (Å²) in [5, 5.41) is 0. The maximum absolute atomic E-state index is 11.6. The van der Waals surface area contributed by atoms with Crippen LogP contribution in [0.25, 0.3) is 0 Å². The zero-order chi connectivity index (χ0) is 11.4. The van der Waals surface area contributed by atoms with E-state index in [2.05, 4.69) is 6.92 Å². The molecule has 2 atom stereocenters. The maximum Gasteiger partial charge on any atom is 0.338 e. The van der Waals surface area contributed by atoms with Crippen molar-refractivity contribution in [1.82, 2.24) is 0 Å². The minimum Gasteiger partial charge on any atom is -0.462 e. The van der Waals surface area contributed by atoms with Crippen molar-refractivity contribution in [2.45, 2.75) is 26.2 Å². The Morgan fingerprint density at radius 3 is 2.69 bits per heavy atom. The van der Waals surface area contributed by atoms with E-state index in [1.165, 1.54) is 12.8 Å². The zero-order valence-electron chi connectivity index (χ0n) is 9.69. The van der Waals surface area contributed by atoms with Crippen LogP contribution in [-0.2, 0) is 4.74 Å². The largest absolute Gasteiger partial charge is 0.462 e. The summed E-state index contributed by atoms with van der Waals surface area (Å²) in [6, 6.07) is 9.17. The van der Waals surface area contributed by atoms with Gasteiger partial charge in [0.05, 0.1) is 12.2 Å². The Kier molecular flexibility index (Phi) is 3.60. The molecule has 2 rings (SSSR count). The van der Waals surface area contributed by atoms with E-state index < -0.39 is 0 Å². The Hall–Kier alpha value is -1.31. The topological polar surface area (TPSA) is 26.3 Å². The lowest BCUT2D eigenvalue weighted by molar-refractivity contribution is 0.0493. The summed E-state index contributed by atoms with van der Waals surface area (Å²) in [5.74, 6) is 1.48. The summed E-state index contributed by atoms with van der Waals surface area (Å²) in [6.07, 6.45) is 3.60. The maximum atomic E-state index is 11.6. The fraction of sp³-hybridized carbons (Fsp3) is 0.500. The SMILES string of the molecule is CCC1CC1CCOC(=O)c1ccccc1. The predicted molar refractivity (Wildman–Crippen MR) is 63.2 cm³/mol. The fourth-order valence-corrected chi connectivity index (χ4v) is 2.12. The van der Waals surface area contributed by atoms with Gasteiger partial charge in [-0.3, -0.25) is 0 Å². The zero-order valence-corrected chi connectivity index (χ0v) is 9.69. The molecule has 2 unspecified atom stereocenters. The van der Waals surface area contributed by atoms with Crippen molar-refractivity contribution in [3.8, 4) is 0 Å². The van der Waals surface area contributed by atoms with Gasteiger partial charge in [0.2, 0.25) is 0 Å². The normalized spacial score (nSPS) is 22.8. The van der Waals surface area contributed by atoms with E-state index in [-0.39, 0.29) is 5.97 Å². The molecule has 0 aliphatic heterocycles. The molecule has 0 N–H and O–H groups in total. The van der Waals surface area contributed by atoms with Gasteiger partial charge in [-0.05, 0) is 36.8 Å². The molecular weight excluding hydrogens is 200 g/mol. The van der Waals surface area contributed by atoms with E-state index >= 15 is 0 Å². The van der Waals surface area contributed by atoms with E-state index in [1.807, 2.05) is 18.2 Å². The van der Waals surface area contributed by atoms with Gasteiger partial charge in [-0.2, -0.15) is 0 Å². The third-order valence-corrected chi connectivity index (χ3v) is 3.32. The highest BCUT2D eigenvalue weighted by molar-refractivity contribution is 5.89. The van der Waals surface area contributed by atoms with E-state index in [1.54, 1.807) is 12.1 Å². The van der Waals surface area contributed by atoms with Crippen molar-refractivity contribution < 1.29 is 9.53 Å². The Bertz CT molecular complexity index is 345. The number of rotatable bonds is 5. The van der Waals surface area contributed by atoms with Gasteiger partial charge in [0.15, 0.2) is 0 Å². The smallest absolute Gasteiger partial charge is 0.338 e. The van der Waals surface area contributed by atoms with Crippen LogP contribution < -0.4 is 0 Å². The highest BCUT2D eigenvalue weighted by Crippen LogP contribution is 2.43. The van der Waals surface area contributed by atoms with Gasteiger partial charge in [-0.1, -0.05) is 31.5 Å². The standard InChI is InChI=1S/C14H18O2/c1-2-11-10-13(11)8-9-16-14(15)12-6-4-3-5-7-12/h3-7,11,13H,2,8-10H2,1H3. The van der Waals surface area contributed by atoms with E-state index in [0.717, 1.165) is 18.3 Å². The molecule has 16 heavy (non-hydrogen) atoms. The second-order valence-electron chi connectivity index (χ2n) is 4.45. The number of carbonyl (C=O) groups excluding carboxylic acids is 1. The first-order chi connectivity index (χ1) is 7.81. The molecule has 2 heteroatoms. The average Bonchev–Trinajstić information content (AvgIpc) is 3.09. The lowest BCUT2D eigenvalue weighted by Gasteiger charge is -2.04. The molecule has 2 nitrogen and oxygen atoms in total. The van der Waals surface area contributed by atoms with Crippen LogP contribution in [-0.4, -0.2) is 12.6 Å². The lowest BCUT2D eigenvalue weighted by atomic mass is 10.2. The van der Waals surface area contributed by atoms with Crippen LogP contribution in [0.4, 0.5) is 0 Å². The number of carbonyl (C=O) groups is 1. The quantitative estimate of drug-likeness (QED) is 0.709. The van der Waals surface area contributed by atoms with Crippen LogP contribution in [0, 0.1) is 11.8 Å². The second kappa shape index (κ2) is 5.15. The van der Waals surface area contributed by atoms with Gasteiger partial charge in [0.1, 0.15) is 0 Å². The molecule has 0 spiro atoms. The molecule has 0 amide bonds. The minimum absolute atomic E-state index is 0.200. The first-order valence-corrected chi connectivity index (χ1v) is 6.03. The summed E-state index contributed by atoms with van der Waals surface area (Å²) in [4.78, 5) is 11.6. The summed E-state index contributed by atoms with van der Waals surface area (Å²) < 4.78 is 5.23. The van der Waals surface area contributed by atoms with Crippen molar-refractivity contribution in [3.05, 3.63) is 35.9 Å². The number of benzene rings is 1. The Morgan fingerprint density at radius 2 is 2.06 bits per heavy atom. The number of hydrogen-bond acceptors (Lipinski definition) is 2. The second-order valence-corrected chi connectivity index (χ2v) is 4.45. The van der Waals surface area contributed by atoms with Crippen molar-refractivity contribution in [2.75, 3.05) is 6.61 Å². The van der Waals surface area contributed by atoms with Crippen LogP contribution in [0.2, 0.25) is 0 Å². The van der Waals surface area contributed by atoms with Gasteiger partial charge < -0.3 is 4.74 Å². The number of hydrogen-bond donors (Lipinski definition) is 0. The molecule has 1 aliphatic carbocycles. The van der Waals surface area contributed by atoms with Crippen molar-refractivity contribution in [3.63, 3.8) is 0 Å². The number of esters is 1. The lowest BCUT2D eigenvalue weighted by Crippen LogP contribution is -2.06. The monoisotopic (exact) mass is 218 g/mol. The third kappa shape index (κ3) is 2.84. The average molecular weight is 218 g/mol. The summed E-state index contributed by atoms with van der Waals surface area (Å²) in [6.45, 7) is 2.79. The molecule has 0 saturated heterocycles. The molecule has 0 aromatic heterocycles. The molecular formula is C14H18O2. The summed E-state index contributed by atoms with van der Waals surface area (Å²) in [5.41, 5.74) is 0.644. The molecule has 0 radical (unpaired) electrons. The molecule has 86 valence electrons. The van der Waals surface area contributed by atoms with Crippen molar-refractivity contribution >= 4 is 5.97 Å². The van der Waals surface area contributed by atoms with Gasteiger partial charge >= 0.3 is 5.97 Å². The molecule has 0 heterocycles. The van der Waals surface area contributed by atoms with Crippen LogP contribution >= 0.6 is 0 Å². The molecule has 1 fully saturated rings. The van der Waals surface area contributed by atoms with E-state index in [4.69, 9.17) is 4.74 Å². The molecule has 1 aromatic rings. The number of ether oxygens (including phenoxy) is 1. The van der Waals surface area contributed by atoms with Crippen molar-refractivity contribution in [2.24, 2.45) is 11.8 Å². The van der Waals surface area contributed by atoms with Crippen LogP contribution in [0.3, 0.4) is 0 Å². The van der Waals surface area contributed by atoms with Gasteiger partial charge in [-0.25, -0.2) is 4.79 Å². The van der Waals surface area contributed by atoms with Gasteiger partial charge in [0.25, 0.3) is 0 Å². The molecule has 1 saturated carbocycles. The highest BCUT2D eigenvalue weighted by Gasteiger charge is 2.34. The molecule has 0 bridgehead atoms. The minimum atomic E-state index is -0.200. The van der Waals surface area contributed by atoms with Crippen LogP contribution in [0.15, 0.2) is 30.3 Å². The first-order valence-electron chi connectivity index (χ1n) is 6.03. The van der Waals surface area contributed by atoms with Crippen LogP contribution in [0.1, 0.15) is 36.5 Å². The van der Waals surface area contributed by atoms with Crippen LogP contribution in [0.5, 0.6) is 0 Å². The van der Waals surface area contributed by atoms with Gasteiger partial charge in [0, 0.05) is 0 Å². The van der Waals surface area contributed by atoms with Gasteiger partial charge in [-0.15, -0.1) is 0 Å². The Morgan fingerprint density at radius 1 is 1.31 bits per heavy atom. The van der Waals surface area contributed by atoms with Crippen molar-refractivity contribution in [1.29, 1.82) is 0 Å². The molecule has 1 aromatic carbocycles. The fourth-order valence-electron chi connectivity index (χ4n) is 2.12. The third-order valence-electron chi connectivity index (χ3n) is 3.32. The summed E-state index contributed by atoms with van der Waals surface area (Å²) in [7, 11) is 0.